The number of carbonyl (C=O) groups is 2. The fourth-order valence-electron chi connectivity index (χ4n) is 1.75. The summed E-state index contributed by atoms with van der Waals surface area (Å²) < 4.78 is 0. The van der Waals surface area contributed by atoms with Crippen LogP contribution >= 0.6 is 0 Å². The first-order chi connectivity index (χ1) is 6.54. The Morgan fingerprint density at radius 1 is 0.643 bits per heavy atom. The molecule has 0 N–H and O–H groups in total. The molecule has 0 heterocycles. The highest BCUT2D eigenvalue weighted by Crippen LogP contribution is 2.23. The van der Waals surface area contributed by atoms with Crippen LogP contribution in [0.15, 0.2) is 0 Å². The molecule has 1 aromatic rings. The molecule has 0 spiro atoms. The molecule has 0 aromatic heterocycles. The van der Waals surface area contributed by atoms with E-state index in [1.54, 1.807) is 0 Å². The maximum absolute atomic E-state index is 10.9. The third kappa shape index (κ3) is 1.37. The van der Waals surface area contributed by atoms with Gasteiger partial charge in [-0.05, 0) is 49.9 Å². The van der Waals surface area contributed by atoms with Gasteiger partial charge in [0.25, 0.3) is 0 Å². The highest BCUT2D eigenvalue weighted by Gasteiger charge is 2.13. The van der Waals surface area contributed by atoms with Crippen molar-refractivity contribution in [2.45, 2.75) is 27.7 Å². The second kappa shape index (κ2) is 3.74. The van der Waals surface area contributed by atoms with Crippen LogP contribution in [0.3, 0.4) is 0 Å². The minimum atomic E-state index is 0.648. The minimum absolute atomic E-state index is 0.648. The summed E-state index contributed by atoms with van der Waals surface area (Å²) in [6, 6.07) is 0. The number of rotatable bonds is 2. The Balaban J connectivity index is 3.72. The molecule has 2 nitrogen and oxygen atoms in total. The van der Waals surface area contributed by atoms with E-state index in [4.69, 9.17) is 0 Å². The normalized spacial score (nSPS) is 10.0. The molecule has 0 unspecified atom stereocenters. The molecule has 0 aliphatic heterocycles. The molecule has 1 aromatic carbocycles. The summed E-state index contributed by atoms with van der Waals surface area (Å²) in [4.78, 5) is 21.7. The maximum atomic E-state index is 10.9. The summed E-state index contributed by atoms with van der Waals surface area (Å²) in [5, 5.41) is 0. The number of aldehydes is 2. The summed E-state index contributed by atoms with van der Waals surface area (Å²) in [6.07, 6.45) is 1.65. The van der Waals surface area contributed by atoms with Crippen LogP contribution < -0.4 is 0 Å². The standard InChI is InChI=1S/C12H14O2/c1-7-8(2)11(5-13)10(4)12(6-14)9(7)3/h5-6H,1-4H3. The third-order valence-corrected chi connectivity index (χ3v) is 2.98. The molecule has 0 bridgehead atoms. The molecule has 14 heavy (non-hydrogen) atoms. The van der Waals surface area contributed by atoms with Crippen LogP contribution in [0.5, 0.6) is 0 Å². The number of hydrogen-bond acceptors (Lipinski definition) is 2. The zero-order valence-electron chi connectivity index (χ0n) is 8.97. The molecule has 0 saturated carbocycles. The average Bonchev–Trinajstić information content (AvgIpc) is 2.16. The van der Waals surface area contributed by atoms with Gasteiger partial charge in [0.05, 0.1) is 0 Å². The van der Waals surface area contributed by atoms with Crippen LogP contribution in [0.1, 0.15) is 43.0 Å². The minimum Gasteiger partial charge on any atom is -0.298 e. The predicted octanol–water partition coefficient (Wildman–Crippen LogP) is 2.55. The zero-order chi connectivity index (χ0) is 10.9. The average molecular weight is 190 g/mol. The number of hydrogen-bond donors (Lipinski definition) is 0. The van der Waals surface area contributed by atoms with E-state index in [9.17, 15) is 9.59 Å². The van der Waals surface area contributed by atoms with Crippen LogP contribution in [-0.2, 0) is 0 Å². The Bertz CT molecular complexity index is 368. The fourth-order valence-corrected chi connectivity index (χ4v) is 1.75. The largest absolute Gasteiger partial charge is 0.298 e. The SMILES string of the molecule is Cc1c(C)c(C=O)c(C)c(C=O)c1C. The second-order valence-electron chi connectivity index (χ2n) is 3.56. The van der Waals surface area contributed by atoms with Gasteiger partial charge < -0.3 is 0 Å². The van der Waals surface area contributed by atoms with Crippen LogP contribution in [0.4, 0.5) is 0 Å². The second-order valence-corrected chi connectivity index (χ2v) is 3.56. The van der Waals surface area contributed by atoms with Crippen molar-refractivity contribution in [3.63, 3.8) is 0 Å². The van der Waals surface area contributed by atoms with E-state index in [1.807, 2.05) is 27.7 Å². The topological polar surface area (TPSA) is 34.1 Å². The van der Waals surface area contributed by atoms with Gasteiger partial charge in [-0.25, -0.2) is 0 Å². The Labute approximate surface area is 83.9 Å². The molecule has 0 aliphatic rings. The molecular formula is C12H14O2. The van der Waals surface area contributed by atoms with Crippen molar-refractivity contribution in [2.24, 2.45) is 0 Å². The summed E-state index contributed by atoms with van der Waals surface area (Å²) in [5.41, 5.74) is 5.06. The van der Waals surface area contributed by atoms with E-state index in [-0.39, 0.29) is 0 Å². The first kappa shape index (κ1) is 10.6. The van der Waals surface area contributed by atoms with Crippen molar-refractivity contribution < 1.29 is 9.59 Å². The molecule has 0 radical (unpaired) electrons. The summed E-state index contributed by atoms with van der Waals surface area (Å²) in [7, 11) is 0. The number of benzene rings is 1. The van der Waals surface area contributed by atoms with Crippen molar-refractivity contribution in [1.82, 2.24) is 0 Å². The van der Waals surface area contributed by atoms with Gasteiger partial charge in [-0.1, -0.05) is 0 Å². The predicted molar refractivity (Wildman–Crippen MR) is 56.2 cm³/mol. The van der Waals surface area contributed by atoms with Crippen molar-refractivity contribution >= 4 is 12.6 Å². The molecular weight excluding hydrogens is 176 g/mol. The van der Waals surface area contributed by atoms with Gasteiger partial charge in [-0.2, -0.15) is 0 Å². The fraction of sp³-hybridized carbons (Fsp3) is 0.333. The summed E-state index contributed by atoms with van der Waals surface area (Å²) in [5.74, 6) is 0. The van der Waals surface area contributed by atoms with Crippen molar-refractivity contribution in [3.05, 3.63) is 33.4 Å². The van der Waals surface area contributed by atoms with Gasteiger partial charge in [-0.15, -0.1) is 0 Å². The summed E-state index contributed by atoms with van der Waals surface area (Å²) in [6.45, 7) is 7.57. The van der Waals surface area contributed by atoms with E-state index in [0.717, 1.165) is 34.8 Å². The lowest BCUT2D eigenvalue weighted by molar-refractivity contribution is 0.112. The molecule has 0 saturated heterocycles. The molecule has 0 fully saturated rings. The quantitative estimate of drug-likeness (QED) is 0.671. The lowest BCUT2D eigenvalue weighted by Crippen LogP contribution is -2.03. The molecule has 2 heteroatoms. The van der Waals surface area contributed by atoms with Gasteiger partial charge in [0, 0.05) is 11.1 Å². The van der Waals surface area contributed by atoms with Gasteiger partial charge >= 0.3 is 0 Å². The van der Waals surface area contributed by atoms with Crippen LogP contribution in [-0.4, -0.2) is 12.6 Å². The Morgan fingerprint density at radius 2 is 1.00 bits per heavy atom. The van der Waals surface area contributed by atoms with E-state index in [2.05, 4.69) is 0 Å². The van der Waals surface area contributed by atoms with Gasteiger partial charge in [0.15, 0.2) is 12.6 Å². The Hall–Kier alpha value is -1.44. The Kier molecular flexibility index (Phi) is 2.84. The van der Waals surface area contributed by atoms with Gasteiger partial charge in [0.1, 0.15) is 0 Å². The van der Waals surface area contributed by atoms with Crippen LogP contribution in [0, 0.1) is 27.7 Å². The first-order valence-corrected chi connectivity index (χ1v) is 4.55. The van der Waals surface area contributed by atoms with E-state index in [0.29, 0.717) is 11.1 Å². The smallest absolute Gasteiger partial charge is 0.150 e. The highest BCUT2D eigenvalue weighted by molar-refractivity contribution is 5.89. The first-order valence-electron chi connectivity index (χ1n) is 4.55. The van der Waals surface area contributed by atoms with Crippen molar-refractivity contribution in [2.75, 3.05) is 0 Å². The maximum Gasteiger partial charge on any atom is 0.150 e. The van der Waals surface area contributed by atoms with Gasteiger partial charge in [-0.3, -0.25) is 9.59 Å². The molecule has 74 valence electrons. The van der Waals surface area contributed by atoms with Crippen molar-refractivity contribution in [3.8, 4) is 0 Å². The monoisotopic (exact) mass is 190 g/mol. The Morgan fingerprint density at radius 3 is 1.29 bits per heavy atom. The molecule has 1 rings (SSSR count). The van der Waals surface area contributed by atoms with Crippen LogP contribution in [0.25, 0.3) is 0 Å². The highest BCUT2D eigenvalue weighted by atomic mass is 16.1. The van der Waals surface area contributed by atoms with Crippen molar-refractivity contribution in [1.29, 1.82) is 0 Å². The summed E-state index contributed by atoms with van der Waals surface area (Å²) >= 11 is 0. The van der Waals surface area contributed by atoms with E-state index < -0.39 is 0 Å². The zero-order valence-corrected chi connectivity index (χ0v) is 8.97. The molecule has 0 aliphatic carbocycles. The van der Waals surface area contributed by atoms with Crippen LogP contribution in [0.2, 0.25) is 0 Å². The lowest BCUT2D eigenvalue weighted by atomic mass is 9.90. The van der Waals surface area contributed by atoms with E-state index >= 15 is 0 Å². The van der Waals surface area contributed by atoms with E-state index in [1.165, 1.54) is 0 Å². The lowest BCUT2D eigenvalue weighted by Gasteiger charge is -2.13. The molecule has 0 amide bonds. The third-order valence-electron chi connectivity index (χ3n) is 2.98. The van der Waals surface area contributed by atoms with Gasteiger partial charge in [0.2, 0.25) is 0 Å². The number of carbonyl (C=O) groups excluding carboxylic acids is 2. The molecule has 0 atom stereocenters.